The van der Waals surface area contributed by atoms with Gasteiger partial charge < -0.3 is 28.9 Å². The smallest absolute Gasteiger partial charge is 0.220 e. The van der Waals surface area contributed by atoms with Crippen LogP contribution in [-0.2, 0) is 29.5 Å². The number of para-hydroxylation sites is 2. The van der Waals surface area contributed by atoms with E-state index < -0.39 is 7.60 Å². The Morgan fingerprint density at radius 1 is 0.978 bits per heavy atom. The number of unbranched alkanes of at least 4 members (excludes halogenated alkanes) is 2. The molecule has 9 heteroatoms. The van der Waals surface area contributed by atoms with Gasteiger partial charge in [0.15, 0.2) is 5.71 Å². The lowest BCUT2D eigenvalue weighted by molar-refractivity contribution is -0.438. The molecule has 4 rings (SSSR count). The third-order valence-corrected chi connectivity index (χ3v) is 9.48. The van der Waals surface area contributed by atoms with Crippen molar-refractivity contribution < 1.29 is 28.1 Å². The van der Waals surface area contributed by atoms with Crippen molar-refractivity contribution in [2.75, 3.05) is 51.0 Å². The average Bonchev–Trinajstić information content (AvgIpc) is 3.34. The monoisotopic (exact) mass is 635 g/mol. The molecule has 2 aliphatic rings. The van der Waals surface area contributed by atoms with E-state index in [-0.39, 0.29) is 30.0 Å². The maximum Gasteiger partial charge on any atom is 0.220 e. The normalized spacial score (nSPS) is 18.8. The molecule has 0 saturated heterocycles. The summed E-state index contributed by atoms with van der Waals surface area (Å²) in [6, 6.07) is 17.4. The fourth-order valence-corrected chi connectivity index (χ4v) is 6.95. The number of allylic oxidation sites excluding steroid dienone is 4. The van der Waals surface area contributed by atoms with Gasteiger partial charge in [0.1, 0.15) is 14.1 Å². The van der Waals surface area contributed by atoms with Crippen molar-refractivity contribution >= 4 is 30.6 Å². The van der Waals surface area contributed by atoms with Crippen LogP contribution in [0.4, 0.5) is 11.4 Å². The minimum atomic E-state index is -3.73. The number of likely N-dealkylation sites (N-methyl/N-ethyl adjacent to an activating group) is 1. The minimum absolute atomic E-state index is 0.00134. The summed E-state index contributed by atoms with van der Waals surface area (Å²) < 4.78 is 23.4. The Hall–Kier alpha value is -3.03. The zero-order valence-corrected chi connectivity index (χ0v) is 28.7. The molecule has 0 radical (unpaired) electrons. The van der Waals surface area contributed by atoms with Gasteiger partial charge in [-0.05, 0) is 51.3 Å². The SMILES string of the molecule is CCN1C(=CC=CC2=[N+](CCCCCC(=O)NCCOCCOP(C)(=O)[O-])c3ccccc3C2(C)C)C(C)(C)c2ccccc21. The third kappa shape index (κ3) is 8.42. The zero-order valence-electron chi connectivity index (χ0n) is 27.8. The molecule has 2 aliphatic heterocycles. The lowest BCUT2D eigenvalue weighted by atomic mass is 9.81. The van der Waals surface area contributed by atoms with Crippen LogP contribution in [-0.4, -0.2) is 62.3 Å². The van der Waals surface area contributed by atoms with Crippen LogP contribution in [0.15, 0.2) is 72.5 Å². The maximum absolute atomic E-state index is 12.3. The minimum Gasteiger partial charge on any atom is -0.779 e. The van der Waals surface area contributed by atoms with Gasteiger partial charge >= 0.3 is 0 Å². The van der Waals surface area contributed by atoms with Crippen molar-refractivity contribution in [3.63, 3.8) is 0 Å². The summed E-state index contributed by atoms with van der Waals surface area (Å²) in [4.78, 5) is 25.7. The maximum atomic E-state index is 12.3. The molecule has 0 spiro atoms. The lowest BCUT2D eigenvalue weighted by Gasteiger charge is -2.25. The molecule has 1 N–H and O–H groups in total. The van der Waals surface area contributed by atoms with Gasteiger partial charge in [-0.25, -0.2) is 0 Å². The van der Waals surface area contributed by atoms with E-state index in [2.05, 4.69) is 121 Å². The Morgan fingerprint density at radius 2 is 1.69 bits per heavy atom. The van der Waals surface area contributed by atoms with Crippen LogP contribution < -0.4 is 15.1 Å². The molecule has 2 aromatic rings. The predicted molar refractivity (Wildman–Crippen MR) is 181 cm³/mol. The van der Waals surface area contributed by atoms with E-state index in [1.165, 1.54) is 33.9 Å². The van der Waals surface area contributed by atoms with Crippen molar-refractivity contribution in [1.29, 1.82) is 0 Å². The average molecular weight is 636 g/mol. The highest BCUT2D eigenvalue weighted by atomic mass is 31.2. The summed E-state index contributed by atoms with van der Waals surface area (Å²) in [5.74, 6) is 0.00134. The highest BCUT2D eigenvalue weighted by molar-refractivity contribution is 7.50. The van der Waals surface area contributed by atoms with Gasteiger partial charge in [0.2, 0.25) is 11.6 Å². The van der Waals surface area contributed by atoms with Gasteiger partial charge in [-0.15, -0.1) is 0 Å². The number of fused-ring (bicyclic) bond motifs is 2. The molecule has 45 heavy (non-hydrogen) atoms. The van der Waals surface area contributed by atoms with Gasteiger partial charge in [0, 0.05) is 67.1 Å². The number of hydrogen-bond donors (Lipinski definition) is 1. The van der Waals surface area contributed by atoms with Crippen LogP contribution in [0.5, 0.6) is 0 Å². The molecule has 8 nitrogen and oxygen atoms in total. The number of ether oxygens (including phenoxy) is 1. The van der Waals surface area contributed by atoms with E-state index in [1.54, 1.807) is 0 Å². The van der Waals surface area contributed by atoms with Crippen LogP contribution in [0.1, 0.15) is 71.4 Å². The zero-order chi connectivity index (χ0) is 32.7. The van der Waals surface area contributed by atoms with Crippen LogP contribution in [0, 0.1) is 0 Å². The van der Waals surface area contributed by atoms with E-state index in [9.17, 15) is 14.3 Å². The second-order valence-electron chi connectivity index (χ2n) is 12.9. The molecule has 0 bridgehead atoms. The summed E-state index contributed by atoms with van der Waals surface area (Å²) in [5.41, 5.74) is 7.68. The Labute approximate surface area is 269 Å². The Kier molecular flexibility index (Phi) is 11.6. The largest absolute Gasteiger partial charge is 0.779 e. The lowest BCUT2D eigenvalue weighted by Crippen LogP contribution is -2.28. The number of hydrogen-bond acceptors (Lipinski definition) is 6. The molecular weight excluding hydrogens is 585 g/mol. The van der Waals surface area contributed by atoms with Crippen LogP contribution >= 0.6 is 7.60 Å². The number of anilines is 1. The number of rotatable bonds is 16. The third-order valence-electron chi connectivity index (χ3n) is 8.83. The number of amides is 1. The van der Waals surface area contributed by atoms with Crippen LogP contribution in [0.25, 0.3) is 0 Å². The van der Waals surface area contributed by atoms with Gasteiger partial charge in [-0.2, -0.15) is 4.58 Å². The molecule has 244 valence electrons. The van der Waals surface area contributed by atoms with Gasteiger partial charge in [0.05, 0.1) is 25.2 Å². The molecule has 0 aromatic heterocycles. The van der Waals surface area contributed by atoms with Crippen molar-refractivity contribution in [2.24, 2.45) is 0 Å². The highest BCUT2D eigenvalue weighted by Crippen LogP contribution is 2.47. The summed E-state index contributed by atoms with van der Waals surface area (Å²) in [7, 11) is -3.73. The number of nitrogens with one attached hydrogen (secondary N) is 1. The van der Waals surface area contributed by atoms with E-state index in [0.29, 0.717) is 19.6 Å². The molecule has 0 aliphatic carbocycles. The van der Waals surface area contributed by atoms with E-state index >= 15 is 0 Å². The Bertz CT molecular complexity index is 1490. The first-order valence-corrected chi connectivity index (χ1v) is 18.1. The van der Waals surface area contributed by atoms with E-state index in [0.717, 1.165) is 39.0 Å². The Morgan fingerprint density at radius 3 is 2.42 bits per heavy atom. The second kappa shape index (κ2) is 15.0. The molecule has 0 fully saturated rings. The Balaban J connectivity index is 1.35. The molecule has 1 amide bonds. The van der Waals surface area contributed by atoms with Gasteiger partial charge in [-0.3, -0.25) is 4.79 Å². The highest BCUT2D eigenvalue weighted by Gasteiger charge is 2.44. The van der Waals surface area contributed by atoms with Gasteiger partial charge in [0.25, 0.3) is 0 Å². The molecule has 1 atom stereocenters. The van der Waals surface area contributed by atoms with Crippen molar-refractivity contribution in [3.8, 4) is 0 Å². The fourth-order valence-electron chi connectivity index (χ4n) is 6.54. The summed E-state index contributed by atoms with van der Waals surface area (Å²) >= 11 is 0. The van der Waals surface area contributed by atoms with Crippen molar-refractivity contribution in [2.45, 2.75) is 71.1 Å². The first-order chi connectivity index (χ1) is 21.4. The number of benzene rings is 2. The van der Waals surface area contributed by atoms with Crippen molar-refractivity contribution in [3.05, 3.63) is 83.6 Å². The number of carbonyl (C=O) groups is 1. The summed E-state index contributed by atoms with van der Waals surface area (Å²) in [6.07, 6.45) is 10.0. The summed E-state index contributed by atoms with van der Waals surface area (Å²) in [6.45, 7) is 15.1. The van der Waals surface area contributed by atoms with Crippen LogP contribution in [0.2, 0.25) is 0 Å². The van der Waals surface area contributed by atoms with Crippen molar-refractivity contribution in [1.82, 2.24) is 5.32 Å². The number of nitrogens with zero attached hydrogens (tertiary/aromatic N) is 2. The topological polar surface area (TPSA) is 93.9 Å². The predicted octanol–water partition coefficient (Wildman–Crippen LogP) is 6.21. The molecular formula is C36H50N3O5P. The number of carbonyl (C=O) groups excluding carboxylic acids is 1. The first-order valence-electron chi connectivity index (χ1n) is 16.2. The summed E-state index contributed by atoms with van der Waals surface area (Å²) in [5, 5.41) is 2.86. The first kappa shape index (κ1) is 34.8. The van der Waals surface area contributed by atoms with Gasteiger partial charge in [-0.1, -0.05) is 56.3 Å². The van der Waals surface area contributed by atoms with Crippen LogP contribution in [0.3, 0.4) is 0 Å². The van der Waals surface area contributed by atoms with E-state index in [4.69, 9.17) is 4.74 Å². The molecule has 2 aromatic carbocycles. The fraction of sp³-hybridized carbons (Fsp3) is 0.500. The molecule has 2 heterocycles. The molecule has 1 unspecified atom stereocenters. The molecule has 0 saturated carbocycles. The second-order valence-corrected chi connectivity index (χ2v) is 14.7. The standard InChI is InChI=1S/C36H50N3O5P/c1-7-38-30-18-12-10-16-28(30)35(2,3)32(38)20-15-21-33-36(4,5)29-17-11-13-19-31(29)39(33)24-14-8-9-22-34(40)37-23-25-43-26-27-44-45(6,41)42/h10-13,15-21H,7-9,14,22-27H2,1-6H3,(H-,37,40,41,42). The quantitative estimate of drug-likeness (QED) is 0.134. The van der Waals surface area contributed by atoms with E-state index in [1.807, 2.05) is 0 Å².